The first-order chi connectivity index (χ1) is 10.4. The molecule has 0 spiro atoms. The molecule has 0 atom stereocenters. The third-order valence-electron chi connectivity index (χ3n) is 3.12. The molecule has 0 radical (unpaired) electrons. The number of nitrogens with one attached hydrogen (secondary N) is 1. The van der Waals surface area contributed by atoms with Crippen LogP contribution in [0.4, 0.5) is 5.69 Å². The van der Waals surface area contributed by atoms with Gasteiger partial charge in [0.1, 0.15) is 5.75 Å². The maximum atomic E-state index is 5.72. The molecule has 2 rings (SSSR count). The summed E-state index contributed by atoms with van der Waals surface area (Å²) in [4.78, 5) is 5.50. The van der Waals surface area contributed by atoms with Gasteiger partial charge in [0.05, 0.1) is 18.9 Å². The van der Waals surface area contributed by atoms with Crippen molar-refractivity contribution in [3.05, 3.63) is 60.2 Å². The summed E-state index contributed by atoms with van der Waals surface area (Å²) in [5, 5.41) is 0. The van der Waals surface area contributed by atoms with Crippen LogP contribution >= 0.6 is 0 Å². The monoisotopic (exact) mass is 285 g/mol. The maximum absolute atomic E-state index is 5.72. The van der Waals surface area contributed by atoms with E-state index < -0.39 is 0 Å². The Morgan fingerprint density at radius 2 is 1.81 bits per heavy atom. The fraction of sp³-hybridized carbons (Fsp3) is 0.333. The molecule has 0 bridgehead atoms. The first-order valence-corrected chi connectivity index (χ1v) is 7.53. The average Bonchev–Trinajstić information content (AvgIpc) is 2.53. The molecule has 3 nitrogen and oxygen atoms in total. The summed E-state index contributed by atoms with van der Waals surface area (Å²) in [6.07, 6.45) is 3.51. The quantitative estimate of drug-likeness (QED) is 0.530. The second kappa shape index (κ2) is 9.03. The average molecular weight is 285 g/mol. The molecule has 0 aliphatic carbocycles. The lowest BCUT2D eigenvalue weighted by molar-refractivity contribution is 0.180. The molecule has 0 amide bonds. The summed E-state index contributed by atoms with van der Waals surface area (Å²) >= 11 is 0. The van der Waals surface area contributed by atoms with Gasteiger partial charge in [-0.3, -0.25) is 10.3 Å². The SMILES string of the molecule is CCCCCOc1cccc(NOCc2ccccc2)c1. The Hall–Kier alpha value is -2.00. The minimum Gasteiger partial charge on any atom is -0.494 e. The highest BCUT2D eigenvalue weighted by molar-refractivity contribution is 5.46. The lowest BCUT2D eigenvalue weighted by Gasteiger charge is -2.10. The van der Waals surface area contributed by atoms with Crippen molar-refractivity contribution in [3.63, 3.8) is 0 Å². The first-order valence-electron chi connectivity index (χ1n) is 7.53. The smallest absolute Gasteiger partial charge is 0.121 e. The molecule has 0 aromatic heterocycles. The zero-order valence-corrected chi connectivity index (χ0v) is 12.5. The van der Waals surface area contributed by atoms with E-state index in [0.717, 1.165) is 30.0 Å². The summed E-state index contributed by atoms with van der Waals surface area (Å²) in [5.74, 6) is 0.874. The van der Waals surface area contributed by atoms with E-state index in [4.69, 9.17) is 9.57 Å². The molecule has 0 heterocycles. The van der Waals surface area contributed by atoms with E-state index in [0.29, 0.717) is 6.61 Å². The van der Waals surface area contributed by atoms with E-state index in [-0.39, 0.29) is 0 Å². The molecule has 0 saturated carbocycles. The number of rotatable bonds is 9. The Morgan fingerprint density at radius 1 is 0.952 bits per heavy atom. The van der Waals surface area contributed by atoms with Crippen LogP contribution in [0.25, 0.3) is 0 Å². The summed E-state index contributed by atoms with van der Waals surface area (Å²) in [6, 6.07) is 17.9. The van der Waals surface area contributed by atoms with Gasteiger partial charge in [0, 0.05) is 6.07 Å². The highest BCUT2D eigenvalue weighted by atomic mass is 16.6. The van der Waals surface area contributed by atoms with Gasteiger partial charge in [-0.2, -0.15) is 0 Å². The minimum atomic E-state index is 0.530. The van der Waals surface area contributed by atoms with Crippen molar-refractivity contribution in [3.8, 4) is 5.75 Å². The molecule has 0 aliphatic heterocycles. The molecule has 0 fully saturated rings. The van der Waals surface area contributed by atoms with Crippen LogP contribution in [0, 0.1) is 0 Å². The van der Waals surface area contributed by atoms with Crippen molar-refractivity contribution in [1.29, 1.82) is 0 Å². The van der Waals surface area contributed by atoms with Gasteiger partial charge in [-0.1, -0.05) is 56.2 Å². The second-order valence-electron chi connectivity index (χ2n) is 4.96. The molecule has 0 aliphatic rings. The van der Waals surface area contributed by atoms with E-state index in [9.17, 15) is 0 Å². The standard InChI is InChI=1S/C18H23NO2/c1-2-3-7-13-20-18-12-8-11-17(14-18)19-21-15-16-9-5-4-6-10-16/h4-6,8-12,14,19H,2-3,7,13,15H2,1H3. The zero-order chi connectivity index (χ0) is 14.8. The Balaban J connectivity index is 1.75. The van der Waals surface area contributed by atoms with Crippen LogP contribution in [-0.4, -0.2) is 6.61 Å². The molecule has 21 heavy (non-hydrogen) atoms. The number of hydrogen-bond donors (Lipinski definition) is 1. The topological polar surface area (TPSA) is 30.5 Å². The summed E-state index contributed by atoms with van der Waals surface area (Å²) < 4.78 is 5.72. The van der Waals surface area contributed by atoms with Gasteiger partial charge in [-0.05, 0) is 24.1 Å². The first kappa shape index (κ1) is 15.4. The lowest BCUT2D eigenvalue weighted by Crippen LogP contribution is -2.02. The minimum absolute atomic E-state index is 0.530. The number of ether oxygens (including phenoxy) is 1. The van der Waals surface area contributed by atoms with Crippen LogP contribution in [0.2, 0.25) is 0 Å². The van der Waals surface area contributed by atoms with Crippen LogP contribution in [-0.2, 0) is 11.4 Å². The molecule has 3 heteroatoms. The Morgan fingerprint density at radius 3 is 2.62 bits per heavy atom. The van der Waals surface area contributed by atoms with Crippen LogP contribution in [0.15, 0.2) is 54.6 Å². The summed E-state index contributed by atoms with van der Waals surface area (Å²) in [7, 11) is 0. The summed E-state index contributed by atoms with van der Waals surface area (Å²) in [6.45, 7) is 3.49. The highest BCUT2D eigenvalue weighted by Crippen LogP contribution is 2.18. The Labute approximate surface area is 126 Å². The Kier molecular flexibility index (Phi) is 6.62. The molecule has 112 valence electrons. The largest absolute Gasteiger partial charge is 0.494 e. The summed E-state index contributed by atoms with van der Waals surface area (Å²) in [5.41, 5.74) is 4.99. The number of unbranched alkanes of at least 4 members (excludes halogenated alkanes) is 2. The predicted molar refractivity (Wildman–Crippen MR) is 86.3 cm³/mol. The molecule has 0 unspecified atom stereocenters. The third kappa shape index (κ3) is 5.88. The van der Waals surface area contributed by atoms with Crippen molar-refractivity contribution in [1.82, 2.24) is 0 Å². The van der Waals surface area contributed by atoms with E-state index in [1.54, 1.807) is 0 Å². The van der Waals surface area contributed by atoms with Gasteiger partial charge in [-0.15, -0.1) is 0 Å². The highest BCUT2D eigenvalue weighted by Gasteiger charge is 1.98. The zero-order valence-electron chi connectivity index (χ0n) is 12.5. The molecular formula is C18H23NO2. The van der Waals surface area contributed by atoms with Crippen molar-refractivity contribution in [2.75, 3.05) is 12.1 Å². The fourth-order valence-corrected chi connectivity index (χ4v) is 1.97. The van der Waals surface area contributed by atoms with Gasteiger partial charge >= 0.3 is 0 Å². The van der Waals surface area contributed by atoms with Crippen molar-refractivity contribution < 1.29 is 9.57 Å². The van der Waals surface area contributed by atoms with Crippen LogP contribution in [0.5, 0.6) is 5.75 Å². The Bertz CT molecular complexity index is 514. The number of hydrogen-bond acceptors (Lipinski definition) is 3. The predicted octanol–water partition coefficient (Wildman–Crippen LogP) is 4.80. The second-order valence-corrected chi connectivity index (χ2v) is 4.96. The molecule has 2 aromatic carbocycles. The van der Waals surface area contributed by atoms with Crippen molar-refractivity contribution in [2.45, 2.75) is 32.8 Å². The van der Waals surface area contributed by atoms with Gasteiger partial charge in [0.2, 0.25) is 0 Å². The van der Waals surface area contributed by atoms with Gasteiger partial charge < -0.3 is 4.74 Å². The number of benzene rings is 2. The van der Waals surface area contributed by atoms with Gasteiger partial charge in [0.15, 0.2) is 0 Å². The third-order valence-corrected chi connectivity index (χ3v) is 3.12. The van der Waals surface area contributed by atoms with E-state index in [1.807, 2.05) is 54.6 Å². The van der Waals surface area contributed by atoms with Gasteiger partial charge in [0.25, 0.3) is 0 Å². The molecule has 1 N–H and O–H groups in total. The van der Waals surface area contributed by atoms with E-state index in [1.165, 1.54) is 12.8 Å². The van der Waals surface area contributed by atoms with Crippen LogP contribution in [0.1, 0.15) is 31.7 Å². The van der Waals surface area contributed by atoms with Crippen LogP contribution < -0.4 is 10.2 Å². The van der Waals surface area contributed by atoms with E-state index in [2.05, 4.69) is 12.4 Å². The molecule has 0 saturated heterocycles. The fourth-order valence-electron chi connectivity index (χ4n) is 1.97. The van der Waals surface area contributed by atoms with Crippen molar-refractivity contribution >= 4 is 5.69 Å². The van der Waals surface area contributed by atoms with Crippen LogP contribution in [0.3, 0.4) is 0 Å². The van der Waals surface area contributed by atoms with Crippen molar-refractivity contribution in [2.24, 2.45) is 0 Å². The van der Waals surface area contributed by atoms with Gasteiger partial charge in [-0.25, -0.2) is 0 Å². The molecule has 2 aromatic rings. The maximum Gasteiger partial charge on any atom is 0.121 e. The normalized spacial score (nSPS) is 10.3. The van der Waals surface area contributed by atoms with E-state index >= 15 is 0 Å². The number of anilines is 1. The molecular weight excluding hydrogens is 262 g/mol. The lowest BCUT2D eigenvalue weighted by atomic mass is 10.2.